The van der Waals surface area contributed by atoms with Crippen LogP contribution in [-0.4, -0.2) is 37.9 Å². The molecule has 0 spiro atoms. The lowest BCUT2D eigenvalue weighted by Gasteiger charge is -2.34. The number of rotatable bonds is 5. The molecule has 0 N–H and O–H groups in total. The van der Waals surface area contributed by atoms with Crippen LogP contribution in [0.25, 0.3) is 0 Å². The van der Waals surface area contributed by atoms with Crippen LogP contribution in [0.5, 0.6) is 0 Å². The van der Waals surface area contributed by atoms with Crippen molar-refractivity contribution >= 4 is 28.9 Å². The van der Waals surface area contributed by atoms with Crippen LogP contribution in [-0.2, 0) is 0 Å². The third-order valence-corrected chi connectivity index (χ3v) is 5.13. The summed E-state index contributed by atoms with van der Waals surface area (Å²) in [6.07, 6.45) is 1.05. The lowest BCUT2D eigenvalue weighted by atomic mass is 10.1. The molecule has 0 amide bonds. The van der Waals surface area contributed by atoms with Gasteiger partial charge in [-0.2, -0.15) is 0 Å². The zero-order valence-corrected chi connectivity index (χ0v) is 14.7. The van der Waals surface area contributed by atoms with E-state index >= 15 is 0 Å². The number of Topliss-reactive ketones (excluding diaryl/α,β-unsaturated/α-hetero) is 1. The summed E-state index contributed by atoms with van der Waals surface area (Å²) >= 11 is 1.75. The molecule has 0 fully saturated rings. The van der Waals surface area contributed by atoms with Crippen LogP contribution in [0, 0.1) is 0 Å². The molecule has 23 heavy (non-hydrogen) atoms. The van der Waals surface area contributed by atoms with E-state index in [2.05, 4.69) is 54.2 Å². The fraction of sp³-hybridized carbons (Fsp3) is 0.316. The van der Waals surface area contributed by atoms with E-state index in [1.54, 1.807) is 18.7 Å². The van der Waals surface area contributed by atoms with Gasteiger partial charge >= 0.3 is 0 Å². The number of hydrogen-bond acceptors (Lipinski definition) is 4. The van der Waals surface area contributed by atoms with Gasteiger partial charge in [-0.05, 0) is 58.3 Å². The summed E-state index contributed by atoms with van der Waals surface area (Å²) < 4.78 is 0. The van der Waals surface area contributed by atoms with Gasteiger partial charge in [0.15, 0.2) is 5.78 Å². The highest BCUT2D eigenvalue weighted by atomic mass is 32.2. The van der Waals surface area contributed by atoms with Gasteiger partial charge < -0.3 is 9.80 Å². The highest BCUT2D eigenvalue weighted by molar-refractivity contribution is 7.99. The van der Waals surface area contributed by atoms with Crippen LogP contribution in [0.1, 0.15) is 23.7 Å². The molecular weight excluding hydrogens is 304 g/mol. The average Bonchev–Trinajstić information content (AvgIpc) is 2.53. The van der Waals surface area contributed by atoms with E-state index in [1.807, 2.05) is 12.1 Å². The van der Waals surface area contributed by atoms with E-state index < -0.39 is 0 Å². The fourth-order valence-electron chi connectivity index (χ4n) is 2.95. The largest absolute Gasteiger partial charge is 0.339 e. The minimum Gasteiger partial charge on any atom is -0.339 e. The first-order chi connectivity index (χ1) is 11.1. The number of hydrogen-bond donors (Lipinski definition) is 0. The van der Waals surface area contributed by atoms with Crippen LogP contribution in [0.4, 0.5) is 11.4 Å². The zero-order chi connectivity index (χ0) is 16.4. The third-order valence-electron chi connectivity index (χ3n) is 4.01. The number of carbonyl (C=O) groups excluding carboxylic acids is 1. The number of fused-ring (bicyclic) bond motifs is 2. The molecule has 1 heterocycles. The topological polar surface area (TPSA) is 23.6 Å². The molecule has 3 rings (SSSR count). The first-order valence-electron chi connectivity index (χ1n) is 7.91. The van der Waals surface area contributed by atoms with Crippen LogP contribution < -0.4 is 4.90 Å². The Bertz CT molecular complexity index is 727. The molecule has 3 nitrogen and oxygen atoms in total. The van der Waals surface area contributed by atoms with Crippen molar-refractivity contribution in [3.8, 4) is 0 Å². The number of ketones is 1. The Morgan fingerprint density at radius 2 is 1.83 bits per heavy atom. The molecule has 1 aliphatic heterocycles. The van der Waals surface area contributed by atoms with Crippen molar-refractivity contribution < 1.29 is 4.79 Å². The maximum atomic E-state index is 12.1. The molecule has 120 valence electrons. The first-order valence-corrected chi connectivity index (χ1v) is 8.72. The molecule has 0 bridgehead atoms. The Morgan fingerprint density at radius 1 is 1.09 bits per heavy atom. The maximum absolute atomic E-state index is 12.1. The van der Waals surface area contributed by atoms with E-state index in [-0.39, 0.29) is 5.78 Å². The lowest BCUT2D eigenvalue weighted by molar-refractivity contribution is 0.101. The predicted molar refractivity (Wildman–Crippen MR) is 97.2 cm³/mol. The van der Waals surface area contributed by atoms with E-state index in [0.717, 1.165) is 30.8 Å². The molecule has 4 heteroatoms. The average molecular weight is 326 g/mol. The van der Waals surface area contributed by atoms with E-state index in [9.17, 15) is 4.79 Å². The Kier molecular flexibility index (Phi) is 4.74. The maximum Gasteiger partial charge on any atom is 0.161 e. The monoisotopic (exact) mass is 326 g/mol. The summed E-state index contributed by atoms with van der Waals surface area (Å²) in [5.41, 5.74) is 3.09. The normalized spacial score (nSPS) is 13.0. The molecule has 0 saturated carbocycles. The standard InChI is InChI=1S/C19H22N2OS/c1-14(22)15-8-6-11-18-19(15)21(13-7-12-20(2)3)16-9-4-5-10-17(16)23-18/h4-6,8-11H,7,12-13H2,1-3H3. The van der Waals surface area contributed by atoms with Crippen LogP contribution in [0.3, 0.4) is 0 Å². The number of para-hydroxylation sites is 2. The minimum absolute atomic E-state index is 0.124. The molecule has 0 aromatic heterocycles. The van der Waals surface area contributed by atoms with Gasteiger partial charge in [0.1, 0.15) is 0 Å². The van der Waals surface area contributed by atoms with Crippen molar-refractivity contribution in [1.82, 2.24) is 4.90 Å². The molecule has 0 saturated heterocycles. The third kappa shape index (κ3) is 3.28. The van der Waals surface area contributed by atoms with Gasteiger partial charge in [-0.15, -0.1) is 0 Å². The SMILES string of the molecule is CC(=O)c1cccc2c1N(CCCN(C)C)c1ccccc1S2. The Labute approximate surface area is 142 Å². The van der Waals surface area contributed by atoms with Crippen molar-refractivity contribution in [2.45, 2.75) is 23.1 Å². The summed E-state index contributed by atoms with van der Waals surface area (Å²) in [5.74, 6) is 0.124. The van der Waals surface area contributed by atoms with Gasteiger partial charge in [0.25, 0.3) is 0 Å². The summed E-state index contributed by atoms with van der Waals surface area (Å²) in [7, 11) is 4.18. The molecule has 0 radical (unpaired) electrons. The van der Waals surface area contributed by atoms with Crippen LogP contribution in [0.15, 0.2) is 52.3 Å². The van der Waals surface area contributed by atoms with Gasteiger partial charge in [0, 0.05) is 21.9 Å². The highest BCUT2D eigenvalue weighted by Crippen LogP contribution is 2.49. The number of nitrogens with zero attached hydrogens (tertiary/aromatic N) is 2. The van der Waals surface area contributed by atoms with Crippen molar-refractivity contribution in [2.24, 2.45) is 0 Å². The van der Waals surface area contributed by atoms with Gasteiger partial charge in [0.05, 0.1) is 11.4 Å². The zero-order valence-electron chi connectivity index (χ0n) is 13.9. The summed E-state index contributed by atoms with van der Waals surface area (Å²) in [4.78, 5) is 19.1. The fourth-order valence-corrected chi connectivity index (χ4v) is 4.08. The molecular formula is C19H22N2OS. The number of anilines is 2. The quantitative estimate of drug-likeness (QED) is 0.758. The Hall–Kier alpha value is -1.78. The smallest absolute Gasteiger partial charge is 0.161 e. The number of benzene rings is 2. The Balaban J connectivity index is 2.04. The predicted octanol–water partition coefficient (Wildman–Crippen LogP) is 4.44. The van der Waals surface area contributed by atoms with Gasteiger partial charge in [-0.1, -0.05) is 30.0 Å². The second-order valence-electron chi connectivity index (χ2n) is 6.09. The molecule has 1 aliphatic rings. The molecule has 0 atom stereocenters. The van der Waals surface area contributed by atoms with Gasteiger partial charge in [-0.3, -0.25) is 4.79 Å². The van der Waals surface area contributed by atoms with Crippen LogP contribution in [0.2, 0.25) is 0 Å². The summed E-state index contributed by atoms with van der Waals surface area (Å²) in [6.45, 7) is 3.59. The van der Waals surface area contributed by atoms with E-state index in [0.29, 0.717) is 0 Å². The van der Waals surface area contributed by atoms with Gasteiger partial charge in [0.2, 0.25) is 0 Å². The molecule has 2 aromatic rings. The highest BCUT2D eigenvalue weighted by Gasteiger charge is 2.26. The first kappa shape index (κ1) is 16.1. The second kappa shape index (κ2) is 6.77. The summed E-state index contributed by atoms with van der Waals surface area (Å²) in [6, 6.07) is 14.5. The van der Waals surface area contributed by atoms with Gasteiger partial charge in [-0.25, -0.2) is 0 Å². The van der Waals surface area contributed by atoms with Crippen molar-refractivity contribution in [2.75, 3.05) is 32.1 Å². The van der Waals surface area contributed by atoms with E-state index in [4.69, 9.17) is 0 Å². The van der Waals surface area contributed by atoms with Crippen LogP contribution >= 0.6 is 11.8 Å². The molecule has 0 unspecified atom stereocenters. The molecule has 0 aliphatic carbocycles. The minimum atomic E-state index is 0.124. The Morgan fingerprint density at radius 3 is 2.57 bits per heavy atom. The second-order valence-corrected chi connectivity index (χ2v) is 7.17. The summed E-state index contributed by atoms with van der Waals surface area (Å²) in [5, 5.41) is 0. The van der Waals surface area contributed by atoms with Crippen molar-refractivity contribution in [1.29, 1.82) is 0 Å². The lowest BCUT2D eigenvalue weighted by Crippen LogP contribution is -2.26. The molecule has 2 aromatic carbocycles. The van der Waals surface area contributed by atoms with E-state index in [1.165, 1.54) is 15.5 Å². The van der Waals surface area contributed by atoms with Crippen molar-refractivity contribution in [3.63, 3.8) is 0 Å². The van der Waals surface area contributed by atoms with Crippen molar-refractivity contribution in [3.05, 3.63) is 48.0 Å². The number of carbonyl (C=O) groups is 1.